The highest BCUT2D eigenvalue weighted by molar-refractivity contribution is 4.83. The van der Waals surface area contributed by atoms with Gasteiger partial charge in [0.15, 0.2) is 0 Å². The number of hydrogen-bond acceptors (Lipinski definition) is 2. The first-order valence-electron chi connectivity index (χ1n) is 6.07. The standard InChI is InChI=1S/C13H30N2/c1-10(2)11(3)15(8)9-12(14-7)13(4,5)6/h10-12,14H,9H2,1-8H3. The quantitative estimate of drug-likeness (QED) is 0.757. The highest BCUT2D eigenvalue weighted by atomic mass is 15.2. The van der Waals surface area contributed by atoms with Gasteiger partial charge in [-0.3, -0.25) is 0 Å². The Labute approximate surface area is 96.4 Å². The fourth-order valence-corrected chi connectivity index (χ4v) is 1.76. The van der Waals surface area contributed by atoms with E-state index in [0.29, 0.717) is 23.4 Å². The fraction of sp³-hybridized carbons (Fsp3) is 1.00. The molecule has 15 heavy (non-hydrogen) atoms. The Balaban J connectivity index is 4.31. The molecule has 92 valence electrons. The van der Waals surface area contributed by atoms with Gasteiger partial charge in [-0.15, -0.1) is 0 Å². The molecule has 0 saturated carbocycles. The van der Waals surface area contributed by atoms with Crippen LogP contribution in [-0.2, 0) is 0 Å². The number of likely N-dealkylation sites (N-methyl/N-ethyl adjacent to an activating group) is 2. The third kappa shape index (κ3) is 4.98. The third-order valence-electron chi connectivity index (χ3n) is 3.52. The summed E-state index contributed by atoms with van der Waals surface area (Å²) in [6, 6.07) is 1.19. The first-order chi connectivity index (χ1) is 6.70. The molecule has 0 fully saturated rings. The number of rotatable bonds is 5. The summed E-state index contributed by atoms with van der Waals surface area (Å²) in [5.41, 5.74) is 0.319. The summed E-state index contributed by atoms with van der Waals surface area (Å²) >= 11 is 0. The van der Waals surface area contributed by atoms with Crippen LogP contribution >= 0.6 is 0 Å². The average molecular weight is 214 g/mol. The van der Waals surface area contributed by atoms with Crippen LogP contribution in [0.15, 0.2) is 0 Å². The second kappa shape index (κ2) is 5.86. The predicted molar refractivity (Wildman–Crippen MR) is 69.2 cm³/mol. The fourth-order valence-electron chi connectivity index (χ4n) is 1.76. The summed E-state index contributed by atoms with van der Waals surface area (Å²) in [6.45, 7) is 14.9. The van der Waals surface area contributed by atoms with Crippen LogP contribution in [0.25, 0.3) is 0 Å². The lowest BCUT2D eigenvalue weighted by Gasteiger charge is -2.37. The Morgan fingerprint density at radius 2 is 1.60 bits per heavy atom. The van der Waals surface area contributed by atoms with Crippen molar-refractivity contribution in [2.24, 2.45) is 11.3 Å². The Morgan fingerprint density at radius 1 is 1.13 bits per heavy atom. The van der Waals surface area contributed by atoms with Gasteiger partial charge in [0.25, 0.3) is 0 Å². The molecule has 0 aliphatic rings. The van der Waals surface area contributed by atoms with E-state index in [1.807, 2.05) is 0 Å². The molecule has 0 spiro atoms. The van der Waals surface area contributed by atoms with E-state index in [1.165, 1.54) is 0 Å². The Morgan fingerprint density at radius 3 is 1.87 bits per heavy atom. The zero-order valence-electron chi connectivity index (χ0n) is 11.9. The summed E-state index contributed by atoms with van der Waals surface area (Å²) in [6.07, 6.45) is 0. The molecule has 0 aromatic heterocycles. The lowest BCUT2D eigenvalue weighted by atomic mass is 9.86. The van der Waals surface area contributed by atoms with E-state index < -0.39 is 0 Å². The van der Waals surface area contributed by atoms with Crippen molar-refractivity contribution in [3.8, 4) is 0 Å². The molecule has 0 rings (SSSR count). The van der Waals surface area contributed by atoms with Crippen LogP contribution in [0, 0.1) is 11.3 Å². The van der Waals surface area contributed by atoms with Crippen molar-refractivity contribution in [2.75, 3.05) is 20.6 Å². The molecular formula is C13H30N2. The van der Waals surface area contributed by atoms with Crippen molar-refractivity contribution in [3.05, 3.63) is 0 Å². The molecule has 0 radical (unpaired) electrons. The summed E-state index contributed by atoms with van der Waals surface area (Å²) in [4.78, 5) is 2.46. The molecule has 0 aliphatic heterocycles. The van der Waals surface area contributed by atoms with Gasteiger partial charge < -0.3 is 10.2 Å². The van der Waals surface area contributed by atoms with E-state index in [9.17, 15) is 0 Å². The van der Waals surface area contributed by atoms with E-state index in [1.54, 1.807) is 0 Å². The second-order valence-corrected chi connectivity index (χ2v) is 6.13. The first kappa shape index (κ1) is 14.9. The van der Waals surface area contributed by atoms with Crippen LogP contribution < -0.4 is 5.32 Å². The number of nitrogens with zero attached hydrogens (tertiary/aromatic N) is 1. The molecule has 0 saturated heterocycles. The minimum atomic E-state index is 0.319. The van der Waals surface area contributed by atoms with Crippen molar-refractivity contribution in [1.82, 2.24) is 10.2 Å². The third-order valence-corrected chi connectivity index (χ3v) is 3.52. The summed E-state index contributed by atoms with van der Waals surface area (Å²) in [5.74, 6) is 0.715. The highest BCUT2D eigenvalue weighted by Crippen LogP contribution is 2.20. The highest BCUT2D eigenvalue weighted by Gasteiger charge is 2.26. The summed E-state index contributed by atoms with van der Waals surface area (Å²) < 4.78 is 0. The Hall–Kier alpha value is -0.0800. The van der Waals surface area contributed by atoms with Gasteiger partial charge >= 0.3 is 0 Å². The number of hydrogen-bond donors (Lipinski definition) is 1. The molecular weight excluding hydrogens is 184 g/mol. The minimum Gasteiger partial charge on any atom is -0.315 e. The summed E-state index contributed by atoms with van der Waals surface area (Å²) in [7, 11) is 4.28. The van der Waals surface area contributed by atoms with Gasteiger partial charge in [0, 0.05) is 18.6 Å². The predicted octanol–water partition coefficient (Wildman–Crippen LogP) is 2.60. The van der Waals surface area contributed by atoms with Crippen LogP contribution in [0.3, 0.4) is 0 Å². The summed E-state index contributed by atoms with van der Waals surface area (Å²) in [5, 5.41) is 3.43. The second-order valence-electron chi connectivity index (χ2n) is 6.13. The molecule has 2 nitrogen and oxygen atoms in total. The molecule has 0 amide bonds. The molecule has 0 bridgehead atoms. The van der Waals surface area contributed by atoms with Crippen molar-refractivity contribution in [2.45, 2.75) is 53.6 Å². The Bertz CT molecular complexity index is 170. The van der Waals surface area contributed by atoms with Crippen molar-refractivity contribution < 1.29 is 0 Å². The van der Waals surface area contributed by atoms with E-state index in [0.717, 1.165) is 6.54 Å². The van der Waals surface area contributed by atoms with Gasteiger partial charge in [0.05, 0.1) is 0 Å². The molecule has 0 aromatic carbocycles. The minimum absolute atomic E-state index is 0.319. The van der Waals surface area contributed by atoms with Gasteiger partial charge in [-0.2, -0.15) is 0 Å². The van der Waals surface area contributed by atoms with E-state index >= 15 is 0 Å². The largest absolute Gasteiger partial charge is 0.315 e. The molecule has 2 unspecified atom stereocenters. The van der Waals surface area contributed by atoms with Crippen LogP contribution in [0.2, 0.25) is 0 Å². The van der Waals surface area contributed by atoms with E-state index in [-0.39, 0.29) is 0 Å². The molecule has 1 N–H and O–H groups in total. The lowest BCUT2D eigenvalue weighted by Crippen LogP contribution is -2.49. The molecule has 2 atom stereocenters. The monoisotopic (exact) mass is 214 g/mol. The normalized spacial score (nSPS) is 17.2. The van der Waals surface area contributed by atoms with Crippen LogP contribution in [0.1, 0.15) is 41.5 Å². The molecule has 0 heterocycles. The maximum Gasteiger partial charge on any atom is 0.0240 e. The van der Waals surface area contributed by atoms with Crippen molar-refractivity contribution in [1.29, 1.82) is 0 Å². The van der Waals surface area contributed by atoms with E-state index in [4.69, 9.17) is 0 Å². The Kier molecular flexibility index (Phi) is 5.82. The topological polar surface area (TPSA) is 15.3 Å². The molecule has 2 heteroatoms. The number of nitrogens with one attached hydrogen (secondary N) is 1. The van der Waals surface area contributed by atoms with E-state index in [2.05, 4.69) is 65.9 Å². The van der Waals surface area contributed by atoms with Crippen molar-refractivity contribution >= 4 is 0 Å². The maximum atomic E-state index is 3.43. The average Bonchev–Trinajstić information content (AvgIpc) is 2.10. The van der Waals surface area contributed by atoms with Crippen molar-refractivity contribution in [3.63, 3.8) is 0 Å². The van der Waals surface area contributed by atoms with Crippen LogP contribution in [0.4, 0.5) is 0 Å². The van der Waals surface area contributed by atoms with Gasteiger partial charge in [0.2, 0.25) is 0 Å². The maximum absolute atomic E-state index is 3.43. The van der Waals surface area contributed by atoms with Gasteiger partial charge in [-0.1, -0.05) is 34.6 Å². The van der Waals surface area contributed by atoms with Gasteiger partial charge in [-0.25, -0.2) is 0 Å². The first-order valence-corrected chi connectivity index (χ1v) is 6.07. The van der Waals surface area contributed by atoms with Crippen LogP contribution in [0.5, 0.6) is 0 Å². The zero-order valence-corrected chi connectivity index (χ0v) is 11.9. The van der Waals surface area contributed by atoms with Crippen LogP contribution in [-0.4, -0.2) is 37.6 Å². The molecule has 0 aliphatic carbocycles. The van der Waals surface area contributed by atoms with Gasteiger partial charge in [0.1, 0.15) is 0 Å². The van der Waals surface area contributed by atoms with Gasteiger partial charge in [-0.05, 0) is 32.4 Å². The smallest absolute Gasteiger partial charge is 0.0240 e. The lowest BCUT2D eigenvalue weighted by molar-refractivity contribution is 0.148. The zero-order chi connectivity index (χ0) is 12.2. The SMILES string of the molecule is CNC(CN(C)C(C)C(C)C)C(C)(C)C. The molecule has 0 aromatic rings.